The highest BCUT2D eigenvalue weighted by Crippen LogP contribution is 2.65. The van der Waals surface area contributed by atoms with E-state index in [4.69, 9.17) is 42.6 Å². The molecule has 11 atom stereocenters. The molecule has 0 unspecified atom stereocenters. The zero-order valence-corrected chi connectivity index (χ0v) is 42.0. The van der Waals surface area contributed by atoms with Gasteiger partial charge >= 0.3 is 30.0 Å². The van der Waals surface area contributed by atoms with Crippen molar-refractivity contribution in [3.63, 3.8) is 0 Å². The minimum absolute atomic E-state index is 0.0808. The van der Waals surface area contributed by atoms with Crippen LogP contribution in [-0.4, -0.2) is 134 Å². The second-order valence-electron chi connectivity index (χ2n) is 20.6. The largest absolute Gasteiger partial charge is 0.455 e. The Kier molecular flexibility index (Phi) is 15.9. The van der Waals surface area contributed by atoms with Gasteiger partial charge in [-0.1, -0.05) is 76.2 Å². The highest BCUT2D eigenvalue weighted by atomic mass is 16.6. The molecular formula is C52H67NO17. The van der Waals surface area contributed by atoms with Gasteiger partial charge in [0, 0.05) is 45.3 Å². The zero-order chi connectivity index (χ0) is 51.7. The van der Waals surface area contributed by atoms with Crippen molar-refractivity contribution < 1.29 is 81.3 Å². The van der Waals surface area contributed by atoms with Gasteiger partial charge in [0.1, 0.15) is 54.9 Å². The molecule has 3 aliphatic carbocycles. The van der Waals surface area contributed by atoms with Gasteiger partial charge in [-0.15, -0.1) is 0 Å². The van der Waals surface area contributed by atoms with Gasteiger partial charge in [0.2, 0.25) is 6.10 Å². The fourth-order valence-corrected chi connectivity index (χ4v) is 10.7. The molecule has 70 heavy (non-hydrogen) atoms. The summed E-state index contributed by atoms with van der Waals surface area (Å²) in [5.41, 5.74) is -7.38. The van der Waals surface area contributed by atoms with Gasteiger partial charge in [-0.3, -0.25) is 14.4 Å². The predicted octanol–water partition coefficient (Wildman–Crippen LogP) is 5.36. The van der Waals surface area contributed by atoms with Crippen molar-refractivity contribution in [2.45, 2.75) is 142 Å². The molecule has 2 N–H and O–H groups in total. The Bertz CT molecular complexity index is 2340. The van der Waals surface area contributed by atoms with Gasteiger partial charge in [-0.25, -0.2) is 19.2 Å². The number of amides is 1. The maximum absolute atomic E-state index is 15.8. The summed E-state index contributed by atoms with van der Waals surface area (Å²) >= 11 is 0. The molecule has 382 valence electrons. The number of ketones is 2. The lowest BCUT2D eigenvalue weighted by atomic mass is 9.44. The molecule has 1 saturated heterocycles. The zero-order valence-electron chi connectivity index (χ0n) is 42.0. The fraction of sp³-hybridized carbons (Fsp3) is 0.596. The Hall–Kier alpha value is -5.53. The molecule has 4 aliphatic rings. The molecule has 0 spiro atoms. The number of hydrogen-bond acceptors (Lipinski definition) is 17. The van der Waals surface area contributed by atoms with E-state index in [-0.39, 0.29) is 41.1 Å². The molecular weight excluding hydrogens is 911 g/mol. The average molecular weight is 978 g/mol. The van der Waals surface area contributed by atoms with Crippen molar-refractivity contribution in [3.05, 3.63) is 82.9 Å². The Morgan fingerprint density at radius 2 is 1.53 bits per heavy atom. The van der Waals surface area contributed by atoms with Gasteiger partial charge in [-0.2, -0.15) is 0 Å². The monoisotopic (exact) mass is 977 g/mol. The van der Waals surface area contributed by atoms with Crippen LogP contribution in [0, 0.1) is 22.7 Å². The quantitative estimate of drug-likeness (QED) is 0.122. The first-order valence-electron chi connectivity index (χ1n) is 23.4. The molecule has 0 aromatic heterocycles. The van der Waals surface area contributed by atoms with E-state index in [1.807, 2.05) is 0 Å². The number of methoxy groups -OCH3 is 2. The molecule has 1 aliphatic heterocycles. The van der Waals surface area contributed by atoms with Gasteiger partial charge in [0.15, 0.2) is 17.2 Å². The Balaban J connectivity index is 1.53. The molecule has 2 saturated carbocycles. The first-order valence-corrected chi connectivity index (χ1v) is 23.4. The number of Topliss-reactive ketones (excluding diaryl/α,β-unsaturated/α-hetero) is 2. The molecule has 1 heterocycles. The van der Waals surface area contributed by atoms with Gasteiger partial charge < -0.3 is 53.1 Å². The third-order valence-electron chi connectivity index (χ3n) is 14.4. The minimum Gasteiger partial charge on any atom is -0.455 e. The molecule has 2 aromatic carbocycles. The summed E-state index contributed by atoms with van der Waals surface area (Å²) in [7, 11) is 2.74. The number of nitrogens with one attached hydrogen (secondary N) is 1. The summed E-state index contributed by atoms with van der Waals surface area (Å²) in [5, 5.41) is 16.6. The summed E-state index contributed by atoms with van der Waals surface area (Å²) in [6, 6.07) is 14.7. The van der Waals surface area contributed by atoms with E-state index in [2.05, 4.69) is 5.32 Å². The topological polar surface area (TPSA) is 235 Å². The van der Waals surface area contributed by atoms with Crippen LogP contribution in [0.5, 0.6) is 0 Å². The molecule has 3 fully saturated rings. The van der Waals surface area contributed by atoms with E-state index in [9.17, 15) is 29.1 Å². The minimum atomic E-state index is -2.32. The Morgan fingerprint density at radius 3 is 2.07 bits per heavy atom. The van der Waals surface area contributed by atoms with Gasteiger partial charge in [0.05, 0.1) is 29.6 Å². The van der Waals surface area contributed by atoms with Crippen molar-refractivity contribution in [2.24, 2.45) is 22.7 Å². The summed E-state index contributed by atoms with van der Waals surface area (Å²) in [5.74, 6) is -6.53. The van der Waals surface area contributed by atoms with Crippen LogP contribution in [0.4, 0.5) is 4.79 Å². The normalized spacial score (nSPS) is 29.9. The van der Waals surface area contributed by atoms with E-state index in [1.54, 1.807) is 111 Å². The van der Waals surface area contributed by atoms with Crippen LogP contribution in [0.3, 0.4) is 0 Å². The highest BCUT2D eigenvalue weighted by Gasteiger charge is 2.78. The number of carbonyl (C=O) groups is 7. The van der Waals surface area contributed by atoms with Crippen LogP contribution in [0.15, 0.2) is 71.8 Å². The second-order valence-corrected chi connectivity index (χ2v) is 20.6. The van der Waals surface area contributed by atoms with E-state index < -0.39 is 138 Å². The Labute approximate surface area is 408 Å². The van der Waals surface area contributed by atoms with Crippen LogP contribution in [0.1, 0.15) is 104 Å². The molecule has 2 bridgehead atoms. The summed E-state index contributed by atoms with van der Waals surface area (Å²) in [6.07, 6.45) is -9.89. The number of esters is 4. The first kappa shape index (κ1) is 53.8. The predicted molar refractivity (Wildman–Crippen MR) is 248 cm³/mol. The van der Waals surface area contributed by atoms with E-state index in [0.717, 1.165) is 0 Å². The lowest BCUT2D eigenvalue weighted by molar-refractivity contribution is -0.347. The standard InChI is InChI=1S/C52H67NO17/c1-28(2)33(55)25-64-26-37(56)67-41(39(31-19-15-13-16-20-31)53-47(60)70-48(5,6)7)46(59)66-34-24-52(61)44(68-45(58)32-21-17-14-18-22-32)42-50(10,43(57)40(63-12)38(29(34)3)49(52,8)9)35(62-11)23-36-51(42,27-65-36)69-30(4)54/h13-22,28,34-36,39-42,44,61H,23-27H2,1-12H3,(H,53,60)/t34-,35-,36+,39-,40+,41+,42-,44-,50+,51-,52+/m0/s1. The maximum atomic E-state index is 15.8. The van der Waals surface area contributed by atoms with E-state index >= 15 is 9.59 Å². The first-order chi connectivity index (χ1) is 32.8. The number of alkyl carbamates (subject to hydrolysis) is 1. The van der Waals surface area contributed by atoms with Crippen LogP contribution in [-0.2, 0) is 66.6 Å². The van der Waals surface area contributed by atoms with Crippen molar-refractivity contribution >= 4 is 41.5 Å². The molecule has 6 rings (SSSR count). The van der Waals surface area contributed by atoms with Gasteiger partial charge in [-0.05, 0) is 63.5 Å². The maximum Gasteiger partial charge on any atom is 0.408 e. The van der Waals surface area contributed by atoms with E-state index in [0.29, 0.717) is 0 Å². The molecule has 18 nitrogen and oxygen atoms in total. The number of aliphatic hydroxyl groups is 1. The molecule has 1 amide bonds. The summed E-state index contributed by atoms with van der Waals surface area (Å²) in [6.45, 7) is 14.6. The number of carbonyl (C=O) groups excluding carboxylic acids is 7. The Morgan fingerprint density at radius 1 is 0.900 bits per heavy atom. The third-order valence-corrected chi connectivity index (χ3v) is 14.4. The smallest absolute Gasteiger partial charge is 0.408 e. The van der Waals surface area contributed by atoms with Crippen LogP contribution < -0.4 is 5.32 Å². The van der Waals surface area contributed by atoms with Crippen molar-refractivity contribution in [3.8, 4) is 0 Å². The second kappa shape index (κ2) is 20.7. The number of rotatable bonds is 16. The molecule has 18 heteroatoms. The van der Waals surface area contributed by atoms with Crippen LogP contribution in [0.25, 0.3) is 0 Å². The molecule has 2 aromatic rings. The summed E-state index contributed by atoms with van der Waals surface area (Å²) in [4.78, 5) is 98.1. The summed E-state index contributed by atoms with van der Waals surface area (Å²) < 4.78 is 54.2. The van der Waals surface area contributed by atoms with E-state index in [1.165, 1.54) is 33.3 Å². The van der Waals surface area contributed by atoms with Gasteiger partial charge in [0.25, 0.3) is 0 Å². The van der Waals surface area contributed by atoms with Crippen LogP contribution >= 0.6 is 0 Å². The number of hydrogen-bond donors (Lipinski definition) is 2. The lowest BCUT2D eigenvalue weighted by Crippen LogP contribution is -2.82. The third kappa shape index (κ3) is 10.2. The lowest BCUT2D eigenvalue weighted by Gasteiger charge is -2.67. The van der Waals surface area contributed by atoms with Crippen molar-refractivity contribution in [1.29, 1.82) is 0 Å². The molecule has 0 radical (unpaired) electrons. The average Bonchev–Trinajstić information content (AvgIpc) is 3.28. The highest BCUT2D eigenvalue weighted by molar-refractivity contribution is 5.94. The number of fused-ring (bicyclic) bond motifs is 5. The van der Waals surface area contributed by atoms with Crippen molar-refractivity contribution in [1.82, 2.24) is 5.32 Å². The van der Waals surface area contributed by atoms with Crippen molar-refractivity contribution in [2.75, 3.05) is 34.0 Å². The fourth-order valence-electron chi connectivity index (χ4n) is 10.7. The van der Waals surface area contributed by atoms with Crippen LogP contribution in [0.2, 0.25) is 0 Å². The number of benzene rings is 2. The number of ether oxygens (including phenoxy) is 9. The SMILES string of the molecule is CO[C@H]1C(=O)[C@]2(C)[C@@H](OC)C[C@H]3OC[C@@]3(OC(C)=O)[C@H]2[C@H](OC(=O)c2ccccc2)[C@]2(O)C[C@H](OC(=O)[C@H](OC(=O)COCC(=O)C(C)C)[C@@H](NC(=O)OC(C)(C)C)c3ccccc3)C(C)=C1C2(C)C.